The van der Waals surface area contributed by atoms with Crippen molar-refractivity contribution in [3.05, 3.63) is 46.8 Å². The monoisotopic (exact) mass is 930 g/mol. The number of nitrogens with one attached hydrogen (secondary N) is 4. The van der Waals surface area contributed by atoms with Gasteiger partial charge in [-0.1, -0.05) is 72.1 Å². The molecular formula is C47H65F3N6O10. The topological polar surface area (TPSA) is 249 Å². The average Bonchev–Trinajstić information content (AvgIpc) is 3.85. The number of benzene rings is 2. The fraction of sp³-hybridized carbons (Fsp3) is 0.532. The number of halogens is 3. The largest absolute Gasteiger partial charge is 0.508 e. The number of anilines is 2. The summed E-state index contributed by atoms with van der Waals surface area (Å²) < 4.78 is 49.7. The van der Waals surface area contributed by atoms with Crippen LogP contribution in [0.15, 0.2) is 33.3 Å². The highest BCUT2D eigenvalue weighted by Gasteiger charge is 2.43. The Kier molecular flexibility index (Phi) is 19.1. The van der Waals surface area contributed by atoms with E-state index < -0.39 is 35.7 Å². The van der Waals surface area contributed by atoms with Gasteiger partial charge in [0.2, 0.25) is 11.8 Å². The lowest BCUT2D eigenvalue weighted by molar-refractivity contribution is -0.184. The summed E-state index contributed by atoms with van der Waals surface area (Å²) >= 11 is 0. The highest BCUT2D eigenvalue weighted by Crippen LogP contribution is 2.45. The Morgan fingerprint density at radius 3 is 1.35 bits per heavy atom. The third kappa shape index (κ3) is 12.5. The highest BCUT2D eigenvalue weighted by molar-refractivity contribution is 6.07. The van der Waals surface area contributed by atoms with Crippen molar-refractivity contribution in [1.29, 1.82) is 0 Å². The lowest BCUT2D eigenvalue weighted by Gasteiger charge is -2.29. The molecule has 0 radical (unpaired) electrons. The Morgan fingerprint density at radius 2 is 1.00 bits per heavy atom. The number of amides is 4. The van der Waals surface area contributed by atoms with Crippen LogP contribution in [0.3, 0.4) is 0 Å². The van der Waals surface area contributed by atoms with Crippen LogP contribution in [-0.4, -0.2) is 73.6 Å². The predicted octanol–water partition coefficient (Wildman–Crippen LogP) is 10.3. The summed E-state index contributed by atoms with van der Waals surface area (Å²) in [6.07, 6.45) is 0.197. The summed E-state index contributed by atoms with van der Waals surface area (Å²) in [5.41, 5.74) is 1.20. The maximum absolute atomic E-state index is 13.0. The fourth-order valence-corrected chi connectivity index (χ4v) is 7.95. The van der Waals surface area contributed by atoms with Crippen molar-refractivity contribution in [3.8, 4) is 45.6 Å². The number of carbonyl (C=O) groups is 4. The molecule has 0 spiro atoms. The smallest absolute Gasteiger partial charge is 0.391 e. The van der Waals surface area contributed by atoms with Gasteiger partial charge in [-0.2, -0.15) is 13.2 Å². The zero-order chi connectivity index (χ0) is 47.0. The van der Waals surface area contributed by atoms with Crippen molar-refractivity contribution in [2.45, 2.75) is 132 Å². The summed E-state index contributed by atoms with van der Waals surface area (Å²) in [7, 11) is 0. The van der Waals surface area contributed by atoms with E-state index in [0.717, 1.165) is 38.2 Å². The summed E-state index contributed by atoms with van der Waals surface area (Å²) in [4.78, 5) is 50.9. The summed E-state index contributed by atoms with van der Waals surface area (Å²) in [5.74, 6) is -5.02. The number of rotatable bonds is 12. The highest BCUT2D eigenvalue weighted by atomic mass is 19.4. The van der Waals surface area contributed by atoms with E-state index in [9.17, 15) is 52.8 Å². The Labute approximate surface area is 383 Å². The quantitative estimate of drug-likeness (QED) is 0.0661. The summed E-state index contributed by atoms with van der Waals surface area (Å²) in [5, 5.41) is 59.5. The van der Waals surface area contributed by atoms with E-state index in [0.29, 0.717) is 17.7 Å². The van der Waals surface area contributed by atoms with Crippen LogP contribution in [0.2, 0.25) is 0 Å². The molecule has 364 valence electrons. The Bertz CT molecular complexity index is 2310. The standard InChI is InChI=1S/C23H28F3N3O5.C22H29N3O5.2CH4/c1-4-27-22(33)19-18(28-21(32)12-5-7-13(8-6-12)23(24,25)26)20(34-29-19)15-9-14(11(2)3)16(30)10-17(15)31;1-4-23-22(29)19-18(24-21(28)13-8-6-5-7-9-13)20(30-25-19)15-10-14(12(2)3)16(26)11-17(15)27;;/h9-13,30-31H,4-8H2,1-3H3,(H,27,33)(H,28,32);10-13,26-27H,4-9H2,1-3H3,(H,23,29)(H,24,28);2*1H4. The zero-order valence-electron chi connectivity index (χ0n) is 36.7. The van der Waals surface area contributed by atoms with Crippen molar-refractivity contribution < 1.29 is 61.8 Å². The number of nitrogens with zero attached hydrogens (tertiary/aromatic N) is 2. The zero-order valence-corrected chi connectivity index (χ0v) is 36.7. The molecule has 0 aliphatic heterocycles. The molecule has 2 heterocycles. The SMILES string of the molecule is C.C.CCNC(=O)c1noc(-c2cc(C(C)C)c(O)cc2O)c1NC(=O)C1CCC(C(F)(F)F)CC1.CCNC(=O)c1noc(-c2cc(C(C)C)c(O)cc2O)c1NC(=O)C1CCCCC1. The first kappa shape index (κ1) is 54.1. The van der Waals surface area contributed by atoms with E-state index in [1.165, 1.54) is 12.1 Å². The second-order valence-electron chi connectivity index (χ2n) is 16.8. The van der Waals surface area contributed by atoms with Gasteiger partial charge < -0.3 is 50.7 Å². The Morgan fingerprint density at radius 1 is 0.621 bits per heavy atom. The maximum atomic E-state index is 13.0. The first-order valence-corrected chi connectivity index (χ1v) is 21.6. The average molecular weight is 931 g/mol. The first-order valence-electron chi connectivity index (χ1n) is 21.6. The minimum atomic E-state index is -4.29. The number of aromatic hydroxyl groups is 4. The van der Waals surface area contributed by atoms with Crippen LogP contribution < -0.4 is 21.3 Å². The van der Waals surface area contributed by atoms with E-state index in [1.54, 1.807) is 19.9 Å². The van der Waals surface area contributed by atoms with Crippen LogP contribution >= 0.6 is 0 Å². The molecule has 2 aliphatic carbocycles. The first-order chi connectivity index (χ1) is 30.3. The number of hydrogen-bond donors (Lipinski definition) is 8. The van der Waals surface area contributed by atoms with Crippen molar-refractivity contribution in [2.24, 2.45) is 17.8 Å². The molecule has 2 aromatic heterocycles. The molecule has 19 heteroatoms. The Balaban J connectivity index is 0.000000342. The van der Waals surface area contributed by atoms with Crippen molar-refractivity contribution in [2.75, 3.05) is 23.7 Å². The van der Waals surface area contributed by atoms with Gasteiger partial charge >= 0.3 is 6.18 Å². The van der Waals surface area contributed by atoms with Crippen LogP contribution in [0.4, 0.5) is 24.5 Å². The second-order valence-corrected chi connectivity index (χ2v) is 16.8. The van der Waals surface area contributed by atoms with Crippen LogP contribution in [0.5, 0.6) is 23.0 Å². The molecule has 2 aromatic carbocycles. The van der Waals surface area contributed by atoms with E-state index in [4.69, 9.17) is 9.05 Å². The molecule has 6 rings (SSSR count). The minimum absolute atomic E-state index is 0. The number of phenols is 4. The van der Waals surface area contributed by atoms with Crippen molar-refractivity contribution in [1.82, 2.24) is 20.9 Å². The second kappa shape index (κ2) is 23.3. The van der Waals surface area contributed by atoms with Crippen LogP contribution in [0.25, 0.3) is 22.6 Å². The molecular weight excluding hydrogens is 866 g/mol. The Hall–Kier alpha value is -6.27. The molecule has 2 saturated carbocycles. The van der Waals surface area contributed by atoms with Gasteiger partial charge in [0.25, 0.3) is 11.8 Å². The lowest BCUT2D eigenvalue weighted by Crippen LogP contribution is -2.33. The number of phenolic OH excluding ortho intramolecular Hbond substituents is 4. The van der Waals surface area contributed by atoms with Crippen molar-refractivity contribution in [3.63, 3.8) is 0 Å². The molecule has 0 atom stereocenters. The molecule has 4 aromatic rings. The number of aromatic nitrogens is 2. The van der Waals surface area contributed by atoms with Gasteiger partial charge in [-0.25, -0.2) is 0 Å². The van der Waals surface area contributed by atoms with Gasteiger partial charge in [-0.15, -0.1) is 0 Å². The fourth-order valence-electron chi connectivity index (χ4n) is 7.95. The molecule has 0 bridgehead atoms. The summed E-state index contributed by atoms with van der Waals surface area (Å²) in [6.45, 7) is 11.6. The molecule has 0 unspecified atom stereocenters. The van der Waals surface area contributed by atoms with E-state index in [2.05, 4.69) is 31.6 Å². The number of carbonyl (C=O) groups excluding carboxylic acids is 4. The number of alkyl halides is 3. The van der Waals surface area contributed by atoms with Gasteiger partial charge in [0.1, 0.15) is 34.4 Å². The van der Waals surface area contributed by atoms with E-state index in [-0.39, 0.29) is 139 Å². The van der Waals surface area contributed by atoms with E-state index >= 15 is 0 Å². The molecule has 16 nitrogen and oxygen atoms in total. The molecule has 4 amide bonds. The minimum Gasteiger partial charge on any atom is -0.508 e. The third-order valence-electron chi connectivity index (χ3n) is 11.5. The predicted molar refractivity (Wildman–Crippen MR) is 244 cm³/mol. The molecule has 8 N–H and O–H groups in total. The molecule has 2 aliphatic rings. The summed E-state index contributed by atoms with van der Waals surface area (Å²) in [6, 6.07) is 5.42. The number of hydrogen-bond acceptors (Lipinski definition) is 12. The van der Waals surface area contributed by atoms with E-state index in [1.807, 2.05) is 27.7 Å². The van der Waals surface area contributed by atoms with Crippen LogP contribution in [0.1, 0.15) is 158 Å². The third-order valence-corrected chi connectivity index (χ3v) is 11.5. The normalized spacial score (nSPS) is 16.3. The maximum Gasteiger partial charge on any atom is 0.391 e. The van der Waals surface area contributed by atoms with Crippen LogP contribution in [0, 0.1) is 17.8 Å². The van der Waals surface area contributed by atoms with Crippen molar-refractivity contribution >= 4 is 35.0 Å². The van der Waals surface area contributed by atoms with Gasteiger partial charge in [-0.3, -0.25) is 19.2 Å². The van der Waals surface area contributed by atoms with Gasteiger partial charge in [-0.05, 0) is 87.5 Å². The molecule has 66 heavy (non-hydrogen) atoms. The van der Waals surface area contributed by atoms with Crippen LogP contribution in [-0.2, 0) is 9.59 Å². The van der Waals surface area contributed by atoms with Gasteiger partial charge in [0.15, 0.2) is 22.9 Å². The van der Waals surface area contributed by atoms with Gasteiger partial charge in [0, 0.05) is 37.1 Å². The lowest BCUT2D eigenvalue weighted by atomic mass is 9.81. The molecule has 2 fully saturated rings. The molecule has 0 saturated heterocycles. The van der Waals surface area contributed by atoms with Gasteiger partial charge in [0.05, 0.1) is 17.0 Å².